The quantitative estimate of drug-likeness (QED) is 0.861. The maximum absolute atomic E-state index is 11.9. The van der Waals surface area contributed by atoms with Crippen molar-refractivity contribution < 1.29 is 4.79 Å². The van der Waals surface area contributed by atoms with Gasteiger partial charge < -0.3 is 10.6 Å². The molecule has 0 atom stereocenters. The first-order valence-electron chi connectivity index (χ1n) is 6.68. The summed E-state index contributed by atoms with van der Waals surface area (Å²) < 4.78 is 0. The van der Waals surface area contributed by atoms with Crippen molar-refractivity contribution in [3.63, 3.8) is 0 Å². The fourth-order valence-corrected chi connectivity index (χ4v) is 2.03. The molecular formula is C14H21N3O. The van der Waals surface area contributed by atoms with E-state index in [1.54, 1.807) is 6.20 Å². The molecular weight excluding hydrogens is 226 g/mol. The maximum atomic E-state index is 11.9. The Hall–Kier alpha value is -1.58. The summed E-state index contributed by atoms with van der Waals surface area (Å²) in [7, 11) is 0. The number of hydrogen-bond donors (Lipinski definition) is 2. The van der Waals surface area contributed by atoms with E-state index in [2.05, 4.69) is 29.5 Å². The van der Waals surface area contributed by atoms with E-state index in [1.165, 1.54) is 0 Å². The number of rotatable bonds is 3. The zero-order valence-corrected chi connectivity index (χ0v) is 11.1. The molecule has 0 spiro atoms. The number of hydrogen-bond acceptors (Lipinski definition) is 3. The largest absolute Gasteiger partial charge is 0.370 e. The van der Waals surface area contributed by atoms with Gasteiger partial charge in [-0.25, -0.2) is 4.98 Å². The Morgan fingerprint density at radius 1 is 1.50 bits per heavy atom. The predicted molar refractivity (Wildman–Crippen MR) is 72.8 cm³/mol. The Kier molecular flexibility index (Phi) is 4.18. The molecule has 1 aromatic heterocycles. The van der Waals surface area contributed by atoms with E-state index in [0.717, 1.165) is 37.2 Å². The van der Waals surface area contributed by atoms with Crippen LogP contribution in [0.15, 0.2) is 12.3 Å². The van der Waals surface area contributed by atoms with Gasteiger partial charge in [0, 0.05) is 19.3 Å². The number of aryl methyl sites for hydroxylation is 1. The molecule has 0 aromatic carbocycles. The predicted octanol–water partition coefficient (Wildman–Crippen LogP) is 2.22. The van der Waals surface area contributed by atoms with Gasteiger partial charge in [0.1, 0.15) is 5.82 Å². The Labute approximate surface area is 108 Å². The summed E-state index contributed by atoms with van der Waals surface area (Å²) in [5.74, 6) is 1.38. The average Bonchev–Trinajstić information content (AvgIpc) is 2.60. The normalized spacial score (nSPS) is 14.6. The third-order valence-corrected chi connectivity index (χ3v) is 3.07. The summed E-state index contributed by atoms with van der Waals surface area (Å²) >= 11 is 0. The van der Waals surface area contributed by atoms with Crippen molar-refractivity contribution in [2.45, 2.75) is 33.1 Å². The summed E-state index contributed by atoms with van der Waals surface area (Å²) in [6, 6.07) is 1.97. The van der Waals surface area contributed by atoms with Gasteiger partial charge >= 0.3 is 0 Å². The number of fused-ring (bicyclic) bond motifs is 1. The second-order valence-corrected chi connectivity index (χ2v) is 5.22. The number of pyridine rings is 1. The van der Waals surface area contributed by atoms with E-state index in [0.29, 0.717) is 18.0 Å². The highest BCUT2D eigenvalue weighted by Crippen LogP contribution is 2.19. The van der Waals surface area contributed by atoms with Gasteiger partial charge in [-0.2, -0.15) is 0 Å². The summed E-state index contributed by atoms with van der Waals surface area (Å²) in [5, 5.41) is 6.22. The molecule has 98 valence electrons. The Bertz CT molecular complexity index is 429. The van der Waals surface area contributed by atoms with E-state index in [-0.39, 0.29) is 5.91 Å². The molecule has 0 fully saturated rings. The van der Waals surface area contributed by atoms with E-state index in [9.17, 15) is 4.79 Å². The SMILES string of the molecule is CC(C)CNC(=O)c1cnc2c(c1)CCCCN2. The molecule has 2 heterocycles. The number of carbonyl (C=O) groups excluding carboxylic acids is 1. The van der Waals surface area contributed by atoms with Gasteiger partial charge in [0.25, 0.3) is 5.91 Å². The summed E-state index contributed by atoms with van der Waals surface area (Å²) in [4.78, 5) is 16.3. The van der Waals surface area contributed by atoms with Crippen molar-refractivity contribution in [1.29, 1.82) is 0 Å². The van der Waals surface area contributed by atoms with Gasteiger partial charge in [-0.15, -0.1) is 0 Å². The van der Waals surface area contributed by atoms with Crippen molar-refractivity contribution in [1.82, 2.24) is 10.3 Å². The molecule has 2 N–H and O–H groups in total. The third-order valence-electron chi connectivity index (χ3n) is 3.07. The van der Waals surface area contributed by atoms with Gasteiger partial charge in [-0.3, -0.25) is 4.79 Å². The Morgan fingerprint density at radius 3 is 3.11 bits per heavy atom. The summed E-state index contributed by atoms with van der Waals surface area (Å²) in [5.41, 5.74) is 1.82. The van der Waals surface area contributed by atoms with Crippen molar-refractivity contribution in [3.8, 4) is 0 Å². The number of amides is 1. The van der Waals surface area contributed by atoms with Crippen molar-refractivity contribution in [2.75, 3.05) is 18.4 Å². The highest BCUT2D eigenvalue weighted by atomic mass is 16.1. The second-order valence-electron chi connectivity index (χ2n) is 5.22. The van der Waals surface area contributed by atoms with E-state index in [4.69, 9.17) is 0 Å². The van der Waals surface area contributed by atoms with Gasteiger partial charge in [0.2, 0.25) is 0 Å². The molecule has 1 aliphatic rings. The van der Waals surface area contributed by atoms with Crippen LogP contribution in [-0.2, 0) is 6.42 Å². The third kappa shape index (κ3) is 3.22. The molecule has 0 unspecified atom stereocenters. The molecule has 1 aliphatic heterocycles. The Balaban J connectivity index is 2.10. The first kappa shape index (κ1) is 12.9. The molecule has 0 radical (unpaired) electrons. The zero-order valence-electron chi connectivity index (χ0n) is 11.1. The van der Waals surface area contributed by atoms with Crippen LogP contribution in [-0.4, -0.2) is 24.0 Å². The number of carbonyl (C=O) groups is 1. The fourth-order valence-electron chi connectivity index (χ4n) is 2.03. The number of anilines is 1. The topological polar surface area (TPSA) is 54.0 Å². The standard InChI is InChI=1S/C14H21N3O/c1-10(2)8-17-14(18)12-7-11-5-3-4-6-15-13(11)16-9-12/h7,9-10H,3-6,8H2,1-2H3,(H,15,16)(H,17,18). The number of nitrogens with zero attached hydrogens (tertiary/aromatic N) is 1. The van der Waals surface area contributed by atoms with Crippen LogP contribution in [0.25, 0.3) is 0 Å². The minimum atomic E-state index is -0.0248. The van der Waals surface area contributed by atoms with Gasteiger partial charge in [-0.05, 0) is 36.8 Å². The van der Waals surface area contributed by atoms with Crippen LogP contribution in [0, 0.1) is 5.92 Å². The van der Waals surface area contributed by atoms with Crippen molar-refractivity contribution >= 4 is 11.7 Å². The van der Waals surface area contributed by atoms with Gasteiger partial charge in [-0.1, -0.05) is 13.8 Å². The maximum Gasteiger partial charge on any atom is 0.252 e. The molecule has 1 aromatic rings. The van der Waals surface area contributed by atoms with Crippen molar-refractivity contribution in [3.05, 3.63) is 23.4 Å². The fraction of sp³-hybridized carbons (Fsp3) is 0.571. The van der Waals surface area contributed by atoms with E-state index in [1.807, 2.05) is 6.07 Å². The summed E-state index contributed by atoms with van der Waals surface area (Å²) in [6.07, 6.45) is 4.97. The zero-order chi connectivity index (χ0) is 13.0. The van der Waals surface area contributed by atoms with Crippen LogP contribution in [0.2, 0.25) is 0 Å². The van der Waals surface area contributed by atoms with Gasteiger partial charge in [0.05, 0.1) is 5.56 Å². The number of aromatic nitrogens is 1. The lowest BCUT2D eigenvalue weighted by Crippen LogP contribution is -2.27. The van der Waals surface area contributed by atoms with Crippen LogP contribution in [0.4, 0.5) is 5.82 Å². The molecule has 0 aliphatic carbocycles. The van der Waals surface area contributed by atoms with Crippen LogP contribution >= 0.6 is 0 Å². The lowest BCUT2D eigenvalue weighted by molar-refractivity contribution is 0.0948. The Morgan fingerprint density at radius 2 is 2.33 bits per heavy atom. The highest BCUT2D eigenvalue weighted by molar-refractivity contribution is 5.94. The van der Waals surface area contributed by atoms with Crippen LogP contribution < -0.4 is 10.6 Å². The lowest BCUT2D eigenvalue weighted by Gasteiger charge is -2.10. The molecule has 0 saturated heterocycles. The molecule has 0 bridgehead atoms. The molecule has 2 rings (SSSR count). The minimum Gasteiger partial charge on any atom is -0.370 e. The lowest BCUT2D eigenvalue weighted by atomic mass is 10.1. The van der Waals surface area contributed by atoms with Gasteiger partial charge in [0.15, 0.2) is 0 Å². The van der Waals surface area contributed by atoms with Crippen LogP contribution in [0.1, 0.15) is 42.6 Å². The molecule has 18 heavy (non-hydrogen) atoms. The monoisotopic (exact) mass is 247 g/mol. The van der Waals surface area contributed by atoms with Crippen LogP contribution in [0.5, 0.6) is 0 Å². The first-order valence-corrected chi connectivity index (χ1v) is 6.68. The smallest absolute Gasteiger partial charge is 0.252 e. The molecule has 1 amide bonds. The average molecular weight is 247 g/mol. The van der Waals surface area contributed by atoms with E-state index < -0.39 is 0 Å². The number of nitrogens with one attached hydrogen (secondary N) is 2. The minimum absolute atomic E-state index is 0.0248. The molecule has 4 nitrogen and oxygen atoms in total. The highest BCUT2D eigenvalue weighted by Gasteiger charge is 2.12. The summed E-state index contributed by atoms with van der Waals surface area (Å²) in [6.45, 7) is 5.84. The first-order chi connectivity index (χ1) is 8.66. The van der Waals surface area contributed by atoms with E-state index >= 15 is 0 Å². The van der Waals surface area contributed by atoms with Crippen LogP contribution in [0.3, 0.4) is 0 Å². The van der Waals surface area contributed by atoms with Crippen molar-refractivity contribution in [2.24, 2.45) is 5.92 Å². The molecule has 4 heteroatoms. The second kappa shape index (κ2) is 5.85. The molecule has 0 saturated carbocycles.